The van der Waals surface area contributed by atoms with Crippen LogP contribution in [0.4, 0.5) is 0 Å². The normalized spacial score (nSPS) is 19.1. The average molecular weight is 623 g/mol. The number of allylic oxidation sites excluding steroid dienone is 4. The molecule has 9 rings (SSSR count). The van der Waals surface area contributed by atoms with Crippen LogP contribution in [0.5, 0.6) is 0 Å². The molecule has 0 amide bonds. The van der Waals surface area contributed by atoms with Crippen molar-refractivity contribution in [1.82, 2.24) is 19.9 Å². The number of rotatable bonds is 5. The van der Waals surface area contributed by atoms with Gasteiger partial charge in [0.15, 0.2) is 17.5 Å². The second-order valence-corrected chi connectivity index (χ2v) is 13.4. The molecule has 1 aliphatic heterocycles. The Kier molecular flexibility index (Phi) is 6.98. The largest absolute Gasteiger partial charge is 0.257 e. The molecule has 3 atom stereocenters. The molecular weight excluding hydrogens is 593 g/mol. The van der Waals surface area contributed by atoms with E-state index in [0.717, 1.165) is 28.8 Å². The molecule has 0 radical (unpaired) electrons. The number of aromatic nitrogens is 4. The maximum Gasteiger partial charge on any atom is 0.164 e. The molecule has 6 aromatic rings. The smallest absolute Gasteiger partial charge is 0.164 e. The maximum atomic E-state index is 5.08. The Labute approximate surface area is 278 Å². The van der Waals surface area contributed by atoms with E-state index in [9.17, 15) is 0 Å². The van der Waals surface area contributed by atoms with E-state index in [0.29, 0.717) is 28.6 Å². The first kappa shape index (κ1) is 27.9. The molecule has 47 heavy (non-hydrogen) atoms. The first-order chi connectivity index (χ1) is 23.3. The molecule has 0 N–H and O–H groups in total. The maximum absolute atomic E-state index is 5.08. The van der Waals surface area contributed by atoms with Crippen molar-refractivity contribution >= 4 is 23.4 Å². The lowest BCUT2D eigenvalue weighted by atomic mass is 9.82. The summed E-state index contributed by atoms with van der Waals surface area (Å²) in [5.74, 6) is 2.62. The van der Waals surface area contributed by atoms with Crippen molar-refractivity contribution in [2.45, 2.75) is 28.4 Å². The van der Waals surface area contributed by atoms with E-state index in [4.69, 9.17) is 15.0 Å². The third kappa shape index (κ3) is 5.13. The average Bonchev–Trinajstić information content (AvgIpc) is 3.53. The second kappa shape index (κ2) is 11.8. The van der Waals surface area contributed by atoms with Gasteiger partial charge >= 0.3 is 0 Å². The van der Waals surface area contributed by atoms with Gasteiger partial charge in [0.1, 0.15) is 0 Å². The highest BCUT2D eigenvalue weighted by Crippen LogP contribution is 2.52. The second-order valence-electron chi connectivity index (χ2n) is 12.1. The zero-order valence-electron chi connectivity index (χ0n) is 25.6. The number of nitrogens with zero attached hydrogens (tertiary/aromatic N) is 4. The van der Waals surface area contributed by atoms with Crippen molar-refractivity contribution in [2.75, 3.05) is 0 Å². The van der Waals surface area contributed by atoms with Gasteiger partial charge in [-0.25, -0.2) is 15.0 Å². The molecule has 3 aliphatic rings. The van der Waals surface area contributed by atoms with E-state index in [1.54, 1.807) is 0 Å². The molecule has 4 nitrogen and oxygen atoms in total. The molecule has 0 bridgehead atoms. The molecule has 0 fully saturated rings. The van der Waals surface area contributed by atoms with Crippen LogP contribution in [0, 0.1) is 0 Å². The van der Waals surface area contributed by atoms with Crippen LogP contribution in [0.25, 0.3) is 45.8 Å². The van der Waals surface area contributed by atoms with Crippen LogP contribution in [-0.4, -0.2) is 25.2 Å². The third-order valence-corrected chi connectivity index (χ3v) is 10.7. The minimum Gasteiger partial charge on any atom is -0.257 e. The fourth-order valence-electron chi connectivity index (χ4n) is 7.01. The standard InChI is InChI=1S/C42H30N4S/c1-3-10-29(11-4-1)40-44-41(30-12-5-2-6-13-30)46-42(45-40)34-15-8-18-38-39(34)35-26-31(23-24-37(35)47-38)27-19-21-28(22-20-27)32-14-7-17-36-33(32)16-9-25-43-36/h1-13,15-26,32,35,37H,14H2. The lowest BCUT2D eigenvalue weighted by Crippen LogP contribution is -2.11. The Morgan fingerprint density at radius 2 is 1.34 bits per heavy atom. The van der Waals surface area contributed by atoms with Gasteiger partial charge in [-0.3, -0.25) is 4.98 Å². The van der Waals surface area contributed by atoms with Gasteiger partial charge in [-0.2, -0.15) is 0 Å². The first-order valence-corrected chi connectivity index (χ1v) is 17.0. The van der Waals surface area contributed by atoms with Crippen LogP contribution in [-0.2, 0) is 0 Å². The van der Waals surface area contributed by atoms with Crippen molar-refractivity contribution in [3.05, 3.63) is 174 Å². The summed E-state index contributed by atoms with van der Waals surface area (Å²) in [6.07, 6.45) is 14.4. The van der Waals surface area contributed by atoms with Crippen LogP contribution < -0.4 is 0 Å². The van der Waals surface area contributed by atoms with Gasteiger partial charge in [0, 0.05) is 44.9 Å². The highest BCUT2D eigenvalue weighted by atomic mass is 32.2. The van der Waals surface area contributed by atoms with Crippen LogP contribution in [0.1, 0.15) is 46.2 Å². The van der Waals surface area contributed by atoms with E-state index in [2.05, 4.69) is 108 Å². The van der Waals surface area contributed by atoms with Crippen LogP contribution in [0.15, 0.2) is 151 Å². The van der Waals surface area contributed by atoms with Crippen molar-refractivity contribution in [3.8, 4) is 34.2 Å². The van der Waals surface area contributed by atoms with Gasteiger partial charge in [0.25, 0.3) is 0 Å². The molecular formula is C42H30N4S. The molecule has 2 aromatic heterocycles. The van der Waals surface area contributed by atoms with Gasteiger partial charge in [-0.15, -0.1) is 11.8 Å². The molecule has 224 valence electrons. The van der Waals surface area contributed by atoms with Gasteiger partial charge in [0.05, 0.1) is 5.69 Å². The van der Waals surface area contributed by atoms with Gasteiger partial charge in [0.2, 0.25) is 0 Å². The number of fused-ring (bicyclic) bond motifs is 4. The van der Waals surface area contributed by atoms with E-state index in [-0.39, 0.29) is 5.92 Å². The number of benzene rings is 4. The molecule has 4 aromatic carbocycles. The fraction of sp³-hybridized carbons (Fsp3) is 0.0952. The van der Waals surface area contributed by atoms with E-state index < -0.39 is 0 Å². The quantitative estimate of drug-likeness (QED) is 0.192. The SMILES string of the molecule is C1=Cc2ncccc2C(c2ccc(C3=CC4c5c(cccc5-c5nc(-c6ccccc6)nc(-c6ccccc6)n5)SC4C=C3)cc2)C1. The monoisotopic (exact) mass is 622 g/mol. The highest BCUT2D eigenvalue weighted by molar-refractivity contribution is 8.00. The third-order valence-electron chi connectivity index (χ3n) is 9.32. The topological polar surface area (TPSA) is 51.6 Å². The van der Waals surface area contributed by atoms with Crippen molar-refractivity contribution in [1.29, 1.82) is 0 Å². The Morgan fingerprint density at radius 1 is 0.617 bits per heavy atom. The zero-order valence-corrected chi connectivity index (χ0v) is 26.4. The molecule has 3 unspecified atom stereocenters. The van der Waals surface area contributed by atoms with E-state index >= 15 is 0 Å². The molecule has 3 heterocycles. The predicted octanol–water partition coefficient (Wildman–Crippen LogP) is 10.0. The van der Waals surface area contributed by atoms with Crippen molar-refractivity contribution < 1.29 is 0 Å². The van der Waals surface area contributed by atoms with Crippen molar-refractivity contribution in [2.24, 2.45) is 0 Å². The predicted molar refractivity (Wildman–Crippen MR) is 192 cm³/mol. The van der Waals surface area contributed by atoms with Crippen LogP contribution in [0.3, 0.4) is 0 Å². The van der Waals surface area contributed by atoms with Gasteiger partial charge < -0.3 is 0 Å². The Bertz CT molecular complexity index is 2150. The minimum atomic E-state index is 0.212. The summed E-state index contributed by atoms with van der Waals surface area (Å²) in [6.45, 7) is 0. The molecule has 0 spiro atoms. The van der Waals surface area contributed by atoms with E-state index in [1.807, 2.05) is 60.4 Å². The summed E-state index contributed by atoms with van der Waals surface area (Å²) >= 11 is 1.93. The molecule has 2 aliphatic carbocycles. The van der Waals surface area contributed by atoms with Gasteiger partial charge in [-0.1, -0.05) is 127 Å². The highest BCUT2D eigenvalue weighted by Gasteiger charge is 2.35. The molecule has 5 heteroatoms. The summed E-state index contributed by atoms with van der Waals surface area (Å²) in [7, 11) is 0. The lowest BCUT2D eigenvalue weighted by Gasteiger charge is -2.23. The summed E-state index contributed by atoms with van der Waals surface area (Å²) < 4.78 is 0. The minimum absolute atomic E-state index is 0.212. The molecule has 0 saturated carbocycles. The Balaban J connectivity index is 1.09. The Morgan fingerprint density at radius 3 is 2.09 bits per heavy atom. The summed E-state index contributed by atoms with van der Waals surface area (Å²) in [5.41, 5.74) is 10.5. The lowest BCUT2D eigenvalue weighted by molar-refractivity contribution is 0.810. The first-order valence-electron chi connectivity index (χ1n) is 16.1. The summed E-state index contributed by atoms with van der Waals surface area (Å²) in [4.78, 5) is 21.0. The van der Waals surface area contributed by atoms with Crippen LogP contribution in [0.2, 0.25) is 0 Å². The zero-order chi connectivity index (χ0) is 31.2. The summed E-state index contributed by atoms with van der Waals surface area (Å²) in [5, 5.41) is 0.330. The van der Waals surface area contributed by atoms with Crippen molar-refractivity contribution in [3.63, 3.8) is 0 Å². The number of hydrogen-bond acceptors (Lipinski definition) is 5. The number of pyridine rings is 1. The number of thioether (sulfide) groups is 1. The van der Waals surface area contributed by atoms with Gasteiger partial charge in [-0.05, 0) is 52.5 Å². The molecule has 0 saturated heterocycles. The summed E-state index contributed by atoms with van der Waals surface area (Å²) in [6, 6.07) is 40.3. The van der Waals surface area contributed by atoms with Crippen LogP contribution >= 0.6 is 11.8 Å². The number of hydrogen-bond donors (Lipinski definition) is 0. The van der Waals surface area contributed by atoms with E-state index in [1.165, 1.54) is 32.7 Å². The fourth-order valence-corrected chi connectivity index (χ4v) is 8.35. The Hall–Kier alpha value is -5.39.